The van der Waals surface area contributed by atoms with Crippen molar-refractivity contribution in [2.45, 2.75) is 48.1 Å². The Labute approximate surface area is 166 Å². The van der Waals surface area contributed by atoms with Gasteiger partial charge in [0, 0.05) is 36.1 Å². The van der Waals surface area contributed by atoms with Crippen LogP contribution >= 0.6 is 0 Å². The quantitative estimate of drug-likeness (QED) is 0.676. The van der Waals surface area contributed by atoms with Crippen molar-refractivity contribution in [3.05, 3.63) is 41.2 Å². The van der Waals surface area contributed by atoms with Gasteiger partial charge in [-0.05, 0) is 50.5 Å². The number of rotatable bonds is 7. The second-order valence-electron chi connectivity index (χ2n) is 7.72. The lowest BCUT2D eigenvalue weighted by atomic mass is 10.1. The fourth-order valence-electron chi connectivity index (χ4n) is 2.77. The molecule has 2 rings (SSSR count). The molecule has 1 aromatic carbocycles. The van der Waals surface area contributed by atoms with Crippen molar-refractivity contribution in [1.82, 2.24) is 15.1 Å². The maximum absolute atomic E-state index is 12.3. The number of carbonyl (C=O) groups is 2. The number of benzene rings is 1. The van der Waals surface area contributed by atoms with Crippen LogP contribution in [0.15, 0.2) is 24.3 Å². The number of nitrogens with one attached hydrogen (secondary N) is 3. The molecule has 0 saturated heterocycles. The number of aromatic nitrogens is 2. The Kier molecular flexibility index (Phi) is 7.20. The third-order valence-electron chi connectivity index (χ3n) is 4.48. The molecule has 1 aromatic heterocycles. The Bertz CT molecular complexity index is 841. The van der Waals surface area contributed by atoms with E-state index in [0.717, 1.165) is 23.5 Å². The summed E-state index contributed by atoms with van der Waals surface area (Å²) in [6.07, 6.45) is 0. The predicted octanol–water partition coefficient (Wildman–Crippen LogP) is 3.86. The number of amides is 3. The summed E-state index contributed by atoms with van der Waals surface area (Å²) in [5.41, 5.74) is 4.37. The first-order chi connectivity index (χ1) is 13.2. The second-order valence-corrected chi connectivity index (χ2v) is 7.72. The first-order valence-corrected chi connectivity index (χ1v) is 9.63. The molecule has 28 heavy (non-hydrogen) atoms. The fraction of sp³-hybridized carbons (Fsp3) is 0.476. The van der Waals surface area contributed by atoms with Gasteiger partial charge in [0.05, 0.1) is 5.69 Å². The highest BCUT2D eigenvalue weighted by Crippen LogP contribution is 2.20. The van der Waals surface area contributed by atoms with Gasteiger partial charge in [0.2, 0.25) is 5.91 Å². The molecule has 152 valence electrons. The van der Waals surface area contributed by atoms with Crippen molar-refractivity contribution in [3.63, 3.8) is 0 Å². The topological polar surface area (TPSA) is 88.0 Å². The number of hydrogen-bond donors (Lipinski definition) is 3. The molecule has 0 fully saturated rings. The van der Waals surface area contributed by atoms with E-state index in [9.17, 15) is 9.59 Å². The Morgan fingerprint density at radius 1 is 1.07 bits per heavy atom. The average molecular weight is 386 g/mol. The van der Waals surface area contributed by atoms with Gasteiger partial charge in [0.1, 0.15) is 0 Å². The smallest absolute Gasteiger partial charge is 0.319 e. The summed E-state index contributed by atoms with van der Waals surface area (Å²) in [4.78, 5) is 24.2. The zero-order valence-corrected chi connectivity index (χ0v) is 17.6. The molecule has 0 unspecified atom stereocenters. The number of nitrogens with zero attached hydrogens (tertiary/aromatic N) is 2. The lowest BCUT2D eigenvalue weighted by Crippen LogP contribution is -2.34. The lowest BCUT2D eigenvalue weighted by Gasteiger charge is -2.16. The molecule has 2 aromatic rings. The van der Waals surface area contributed by atoms with Gasteiger partial charge in [-0.25, -0.2) is 4.79 Å². The zero-order chi connectivity index (χ0) is 20.8. The molecule has 1 atom stereocenters. The fourth-order valence-corrected chi connectivity index (χ4v) is 2.77. The minimum Gasteiger partial charge on any atom is -0.338 e. The van der Waals surface area contributed by atoms with E-state index in [2.05, 4.69) is 28.0 Å². The average Bonchev–Trinajstić information content (AvgIpc) is 2.93. The summed E-state index contributed by atoms with van der Waals surface area (Å²) in [6, 6.07) is 7.25. The van der Waals surface area contributed by atoms with Gasteiger partial charge in [0.15, 0.2) is 0 Å². The Morgan fingerprint density at radius 3 is 2.39 bits per heavy atom. The minimum atomic E-state index is -0.268. The highest BCUT2D eigenvalue weighted by Gasteiger charge is 2.12. The number of aryl methyl sites for hydroxylation is 3. The summed E-state index contributed by atoms with van der Waals surface area (Å²) < 4.78 is 1.96. The van der Waals surface area contributed by atoms with Gasteiger partial charge >= 0.3 is 6.03 Å². The SMILES string of the molecule is Cc1cc(C)n(C[C@@H](C)CNC(=O)Nc2cc(NC(=O)C(C)C)ccc2C)n1. The van der Waals surface area contributed by atoms with Crippen LogP contribution in [0, 0.1) is 32.6 Å². The van der Waals surface area contributed by atoms with Crippen LogP contribution in [0.4, 0.5) is 16.2 Å². The summed E-state index contributed by atoms with van der Waals surface area (Å²) in [6.45, 7) is 12.9. The first kappa shape index (κ1) is 21.5. The Balaban J connectivity index is 1.89. The Morgan fingerprint density at radius 2 is 1.79 bits per heavy atom. The van der Waals surface area contributed by atoms with E-state index in [1.807, 2.05) is 57.5 Å². The van der Waals surface area contributed by atoms with E-state index in [1.165, 1.54) is 0 Å². The van der Waals surface area contributed by atoms with E-state index in [-0.39, 0.29) is 23.8 Å². The monoisotopic (exact) mass is 385 g/mol. The van der Waals surface area contributed by atoms with E-state index >= 15 is 0 Å². The highest BCUT2D eigenvalue weighted by atomic mass is 16.2. The molecular weight excluding hydrogens is 354 g/mol. The maximum atomic E-state index is 12.3. The molecule has 0 spiro atoms. The van der Waals surface area contributed by atoms with Crippen LogP contribution in [-0.2, 0) is 11.3 Å². The third-order valence-corrected chi connectivity index (χ3v) is 4.48. The van der Waals surface area contributed by atoms with E-state index in [1.54, 1.807) is 6.07 Å². The molecule has 0 bridgehead atoms. The summed E-state index contributed by atoms with van der Waals surface area (Å²) in [5, 5.41) is 13.1. The van der Waals surface area contributed by atoms with Crippen LogP contribution < -0.4 is 16.0 Å². The van der Waals surface area contributed by atoms with Gasteiger partial charge in [-0.1, -0.05) is 26.8 Å². The molecule has 7 nitrogen and oxygen atoms in total. The highest BCUT2D eigenvalue weighted by molar-refractivity contribution is 5.94. The number of carbonyl (C=O) groups excluding carboxylic acids is 2. The first-order valence-electron chi connectivity index (χ1n) is 9.63. The van der Waals surface area contributed by atoms with Crippen LogP contribution in [0.3, 0.4) is 0 Å². The van der Waals surface area contributed by atoms with Crippen molar-refractivity contribution in [3.8, 4) is 0 Å². The van der Waals surface area contributed by atoms with Crippen LogP contribution in [0.5, 0.6) is 0 Å². The Hall–Kier alpha value is -2.83. The van der Waals surface area contributed by atoms with E-state index < -0.39 is 0 Å². The van der Waals surface area contributed by atoms with Crippen molar-refractivity contribution in [2.24, 2.45) is 11.8 Å². The number of anilines is 2. The molecule has 0 aliphatic heterocycles. The maximum Gasteiger partial charge on any atom is 0.319 e. The molecule has 0 radical (unpaired) electrons. The molecular formula is C21H31N5O2. The van der Waals surface area contributed by atoms with Crippen molar-refractivity contribution in [2.75, 3.05) is 17.2 Å². The van der Waals surface area contributed by atoms with Gasteiger partial charge in [-0.15, -0.1) is 0 Å². The zero-order valence-electron chi connectivity index (χ0n) is 17.6. The number of hydrogen-bond acceptors (Lipinski definition) is 3. The molecule has 0 aliphatic rings. The molecule has 1 heterocycles. The van der Waals surface area contributed by atoms with Crippen molar-refractivity contribution in [1.29, 1.82) is 0 Å². The molecule has 3 N–H and O–H groups in total. The summed E-state index contributed by atoms with van der Waals surface area (Å²) in [5.74, 6) is 0.0726. The van der Waals surface area contributed by atoms with E-state index in [0.29, 0.717) is 17.9 Å². The van der Waals surface area contributed by atoms with Crippen LogP contribution in [0.25, 0.3) is 0 Å². The van der Waals surface area contributed by atoms with Gasteiger partial charge in [-0.2, -0.15) is 5.10 Å². The standard InChI is InChI=1S/C21H31N5O2/c1-13(2)20(27)23-18-8-7-15(4)19(10-18)24-21(28)22-11-14(3)12-26-17(6)9-16(5)25-26/h7-10,13-14H,11-12H2,1-6H3,(H,23,27)(H2,22,24,28)/t14-/m0/s1. The number of urea groups is 1. The van der Waals surface area contributed by atoms with Gasteiger partial charge in [0.25, 0.3) is 0 Å². The lowest BCUT2D eigenvalue weighted by molar-refractivity contribution is -0.118. The molecule has 3 amide bonds. The van der Waals surface area contributed by atoms with Gasteiger partial charge in [-0.3, -0.25) is 9.48 Å². The molecule has 0 saturated carbocycles. The summed E-state index contributed by atoms with van der Waals surface area (Å²) in [7, 11) is 0. The van der Waals surface area contributed by atoms with Crippen LogP contribution in [0.1, 0.15) is 37.7 Å². The minimum absolute atomic E-state index is 0.0581. The largest absolute Gasteiger partial charge is 0.338 e. The normalized spacial score (nSPS) is 12.0. The molecule has 0 aliphatic carbocycles. The van der Waals surface area contributed by atoms with Crippen LogP contribution in [0.2, 0.25) is 0 Å². The van der Waals surface area contributed by atoms with Crippen LogP contribution in [-0.4, -0.2) is 28.3 Å². The third kappa shape index (κ3) is 6.11. The van der Waals surface area contributed by atoms with E-state index in [4.69, 9.17) is 0 Å². The molecule has 7 heteroatoms. The predicted molar refractivity (Wildman–Crippen MR) is 113 cm³/mol. The van der Waals surface area contributed by atoms with Crippen molar-refractivity contribution < 1.29 is 9.59 Å². The second kappa shape index (κ2) is 9.39. The van der Waals surface area contributed by atoms with Crippen molar-refractivity contribution >= 4 is 23.3 Å². The van der Waals surface area contributed by atoms with Gasteiger partial charge < -0.3 is 16.0 Å². The summed E-state index contributed by atoms with van der Waals surface area (Å²) >= 11 is 0.